The van der Waals surface area contributed by atoms with Crippen molar-refractivity contribution in [2.75, 3.05) is 16.8 Å². The smallest absolute Gasteiger partial charge is 0.416 e. The van der Waals surface area contributed by atoms with Crippen LogP contribution in [0.4, 0.5) is 25.3 Å². The first kappa shape index (κ1) is 21.0. The van der Waals surface area contributed by atoms with Crippen molar-refractivity contribution < 1.29 is 18.3 Å². The van der Waals surface area contributed by atoms with Crippen molar-refractivity contribution >= 4 is 29.5 Å². The summed E-state index contributed by atoms with van der Waals surface area (Å²) in [5.41, 5.74) is 1.65. The van der Waals surface area contributed by atoms with Crippen molar-refractivity contribution in [3.05, 3.63) is 59.3 Å². The van der Waals surface area contributed by atoms with Crippen LogP contribution < -0.4 is 10.2 Å². The standard InChI is InChI=1S/C20H19ClF2N6O2/c1-11(22)17-10-31-20(30)29(17)18-16(23)8-24-19(27-18)26-12(2)13-7-25-28(9-13)15-5-3-14(21)4-6-15/h3-9,11-12,17H,10H2,1-2H3,(H,24,26,27)/t11-,12-,17+/m0/s1. The van der Waals surface area contributed by atoms with Crippen LogP contribution in [0.1, 0.15) is 25.5 Å². The van der Waals surface area contributed by atoms with Crippen molar-refractivity contribution in [1.82, 2.24) is 19.7 Å². The monoisotopic (exact) mass is 448 g/mol. The molecule has 31 heavy (non-hydrogen) atoms. The summed E-state index contributed by atoms with van der Waals surface area (Å²) >= 11 is 5.92. The minimum absolute atomic E-state index is 0.0769. The Bertz CT molecular complexity index is 1090. The fraction of sp³-hybridized carbons (Fsp3) is 0.300. The van der Waals surface area contributed by atoms with Gasteiger partial charge in [0.05, 0.1) is 24.1 Å². The summed E-state index contributed by atoms with van der Waals surface area (Å²) in [4.78, 5) is 20.9. The van der Waals surface area contributed by atoms with Gasteiger partial charge in [-0.05, 0) is 38.1 Å². The lowest BCUT2D eigenvalue weighted by atomic mass is 10.2. The van der Waals surface area contributed by atoms with Gasteiger partial charge in [-0.15, -0.1) is 0 Å². The normalized spacial score (nSPS) is 18.0. The van der Waals surface area contributed by atoms with Crippen LogP contribution in [0.5, 0.6) is 0 Å². The molecular weight excluding hydrogens is 430 g/mol. The summed E-state index contributed by atoms with van der Waals surface area (Å²) in [6.45, 7) is 2.95. The molecule has 8 nitrogen and oxygen atoms in total. The molecule has 0 spiro atoms. The van der Waals surface area contributed by atoms with E-state index in [-0.39, 0.29) is 24.4 Å². The first-order chi connectivity index (χ1) is 14.8. The molecule has 3 heterocycles. The van der Waals surface area contributed by atoms with E-state index in [2.05, 4.69) is 20.4 Å². The van der Waals surface area contributed by atoms with E-state index in [4.69, 9.17) is 16.3 Å². The van der Waals surface area contributed by atoms with E-state index in [0.717, 1.165) is 22.3 Å². The molecule has 1 N–H and O–H groups in total. The topological polar surface area (TPSA) is 85.2 Å². The molecule has 3 aromatic rings. The summed E-state index contributed by atoms with van der Waals surface area (Å²) in [6.07, 6.45) is 2.16. The molecule has 1 aromatic carbocycles. The number of nitrogens with zero attached hydrogens (tertiary/aromatic N) is 5. The Balaban J connectivity index is 1.54. The number of nitrogens with one attached hydrogen (secondary N) is 1. The van der Waals surface area contributed by atoms with E-state index < -0.39 is 24.1 Å². The van der Waals surface area contributed by atoms with Crippen molar-refractivity contribution in [3.63, 3.8) is 0 Å². The zero-order valence-electron chi connectivity index (χ0n) is 16.7. The second kappa shape index (κ2) is 8.46. The third-order valence-electron chi connectivity index (χ3n) is 4.93. The number of carbonyl (C=O) groups excluding carboxylic acids is 1. The Morgan fingerprint density at radius 3 is 2.71 bits per heavy atom. The maximum Gasteiger partial charge on any atom is 0.416 e. The Hall–Kier alpha value is -3.27. The van der Waals surface area contributed by atoms with E-state index >= 15 is 0 Å². The van der Waals surface area contributed by atoms with E-state index in [1.807, 2.05) is 25.3 Å². The predicted molar refractivity (Wildman–Crippen MR) is 111 cm³/mol. The van der Waals surface area contributed by atoms with E-state index in [1.165, 1.54) is 6.92 Å². The molecule has 0 aliphatic carbocycles. The molecule has 0 radical (unpaired) electrons. The van der Waals surface area contributed by atoms with Crippen molar-refractivity contribution in [1.29, 1.82) is 0 Å². The molecule has 4 rings (SSSR count). The number of hydrogen-bond donors (Lipinski definition) is 1. The van der Waals surface area contributed by atoms with Gasteiger partial charge in [-0.3, -0.25) is 0 Å². The second-order valence-corrected chi connectivity index (χ2v) is 7.55. The third-order valence-corrected chi connectivity index (χ3v) is 5.18. The first-order valence-corrected chi connectivity index (χ1v) is 9.91. The summed E-state index contributed by atoms with van der Waals surface area (Å²) in [6, 6.07) is 5.96. The van der Waals surface area contributed by atoms with Crippen LogP contribution in [-0.4, -0.2) is 44.7 Å². The summed E-state index contributed by atoms with van der Waals surface area (Å²) in [5.74, 6) is -1.11. The van der Waals surface area contributed by atoms with E-state index in [1.54, 1.807) is 23.0 Å². The molecule has 0 bridgehead atoms. The molecule has 0 saturated carbocycles. The first-order valence-electron chi connectivity index (χ1n) is 9.53. The van der Waals surface area contributed by atoms with Crippen molar-refractivity contribution in [2.45, 2.75) is 32.1 Å². The number of cyclic esters (lactones) is 1. The molecule has 11 heteroatoms. The number of anilines is 2. The SMILES string of the molecule is C[C@H](Nc1ncc(F)c(N2C(=O)OC[C@@H]2[C@H](C)F)n1)c1cnn(-c2ccc(Cl)cc2)c1. The highest BCUT2D eigenvalue weighted by Crippen LogP contribution is 2.28. The van der Waals surface area contributed by atoms with Crippen molar-refractivity contribution in [2.24, 2.45) is 0 Å². The van der Waals surface area contributed by atoms with E-state index in [0.29, 0.717) is 5.02 Å². The van der Waals surface area contributed by atoms with Gasteiger partial charge in [0, 0.05) is 16.8 Å². The van der Waals surface area contributed by atoms with Crippen LogP contribution in [0.15, 0.2) is 42.9 Å². The Labute approximate surface area is 181 Å². The molecule has 2 aromatic heterocycles. The van der Waals surface area contributed by atoms with Gasteiger partial charge in [0.15, 0.2) is 11.6 Å². The van der Waals surface area contributed by atoms with Crippen LogP contribution in [-0.2, 0) is 4.74 Å². The lowest BCUT2D eigenvalue weighted by Crippen LogP contribution is -2.40. The minimum Gasteiger partial charge on any atom is -0.447 e. The fourth-order valence-corrected chi connectivity index (χ4v) is 3.31. The minimum atomic E-state index is -1.42. The number of halogens is 3. The van der Waals surface area contributed by atoms with Gasteiger partial charge < -0.3 is 10.1 Å². The van der Waals surface area contributed by atoms with Gasteiger partial charge in [0.2, 0.25) is 5.95 Å². The molecule has 3 atom stereocenters. The number of amides is 1. The summed E-state index contributed by atoms with van der Waals surface area (Å²) < 4.78 is 34.8. The number of carbonyl (C=O) groups is 1. The van der Waals surface area contributed by atoms with Crippen LogP contribution >= 0.6 is 11.6 Å². The van der Waals surface area contributed by atoms with Crippen LogP contribution in [0.25, 0.3) is 5.69 Å². The lowest BCUT2D eigenvalue weighted by Gasteiger charge is -2.22. The van der Waals surface area contributed by atoms with Gasteiger partial charge >= 0.3 is 6.09 Å². The maximum atomic E-state index is 14.4. The number of aromatic nitrogens is 4. The van der Waals surface area contributed by atoms with Gasteiger partial charge in [-0.25, -0.2) is 28.1 Å². The summed E-state index contributed by atoms with van der Waals surface area (Å²) in [5, 5.41) is 8.01. The fourth-order valence-electron chi connectivity index (χ4n) is 3.19. The molecule has 0 unspecified atom stereocenters. The van der Waals surface area contributed by atoms with Gasteiger partial charge in [0.1, 0.15) is 18.8 Å². The van der Waals surface area contributed by atoms with Crippen LogP contribution in [0.2, 0.25) is 5.02 Å². The average molecular weight is 449 g/mol. The summed E-state index contributed by atoms with van der Waals surface area (Å²) in [7, 11) is 0. The number of rotatable bonds is 6. The predicted octanol–water partition coefficient (Wildman–Crippen LogP) is 4.31. The highest BCUT2D eigenvalue weighted by atomic mass is 35.5. The number of alkyl halides is 1. The highest BCUT2D eigenvalue weighted by molar-refractivity contribution is 6.30. The lowest BCUT2D eigenvalue weighted by molar-refractivity contribution is 0.174. The Morgan fingerprint density at radius 2 is 2.00 bits per heavy atom. The van der Waals surface area contributed by atoms with Gasteiger partial charge in [0.25, 0.3) is 0 Å². The Kier molecular flexibility index (Phi) is 5.73. The molecule has 1 saturated heterocycles. The quantitative estimate of drug-likeness (QED) is 0.604. The number of ether oxygens (including phenoxy) is 1. The molecular formula is C20H19ClF2N6O2. The molecule has 162 valence electrons. The van der Waals surface area contributed by atoms with E-state index in [9.17, 15) is 13.6 Å². The molecule has 1 fully saturated rings. The van der Waals surface area contributed by atoms with Crippen LogP contribution in [0.3, 0.4) is 0 Å². The molecule has 1 amide bonds. The Morgan fingerprint density at radius 1 is 1.26 bits per heavy atom. The maximum absolute atomic E-state index is 14.4. The van der Waals surface area contributed by atoms with Gasteiger partial charge in [-0.1, -0.05) is 11.6 Å². The van der Waals surface area contributed by atoms with Crippen molar-refractivity contribution in [3.8, 4) is 5.69 Å². The number of benzene rings is 1. The third kappa shape index (κ3) is 4.29. The highest BCUT2D eigenvalue weighted by Gasteiger charge is 2.40. The molecule has 1 aliphatic heterocycles. The number of hydrogen-bond acceptors (Lipinski definition) is 6. The molecule has 1 aliphatic rings. The second-order valence-electron chi connectivity index (χ2n) is 7.12. The zero-order chi connectivity index (χ0) is 22.1. The van der Waals surface area contributed by atoms with Gasteiger partial charge in [-0.2, -0.15) is 10.1 Å². The average Bonchev–Trinajstić information content (AvgIpc) is 3.37. The largest absolute Gasteiger partial charge is 0.447 e. The zero-order valence-corrected chi connectivity index (χ0v) is 17.4. The van der Waals surface area contributed by atoms with Crippen LogP contribution in [0, 0.1) is 5.82 Å².